The minimum Gasteiger partial charge on any atom is -0.481 e. The fourth-order valence-electron chi connectivity index (χ4n) is 1.95. The SMILES string of the molecule is CC(CC/C=C/c1ccc2c(c1)ncn2C)C(=O)O. The second-order valence-corrected chi connectivity index (χ2v) is 4.82. The largest absolute Gasteiger partial charge is 0.481 e. The molecule has 1 heterocycles. The van der Waals surface area contributed by atoms with Crippen molar-refractivity contribution in [2.24, 2.45) is 13.0 Å². The Labute approximate surface area is 112 Å². The van der Waals surface area contributed by atoms with Gasteiger partial charge in [-0.1, -0.05) is 25.1 Å². The van der Waals surface area contributed by atoms with E-state index >= 15 is 0 Å². The Morgan fingerprint density at radius 1 is 1.53 bits per heavy atom. The number of benzene rings is 1. The first-order valence-electron chi connectivity index (χ1n) is 6.38. The first-order chi connectivity index (χ1) is 9.08. The molecule has 0 aliphatic rings. The van der Waals surface area contributed by atoms with Gasteiger partial charge in [0, 0.05) is 7.05 Å². The highest BCUT2D eigenvalue weighted by Gasteiger charge is 2.08. The molecule has 1 atom stereocenters. The Kier molecular flexibility index (Phi) is 4.00. The van der Waals surface area contributed by atoms with Gasteiger partial charge in [-0.3, -0.25) is 4.79 Å². The number of aryl methyl sites for hydroxylation is 1. The third-order valence-corrected chi connectivity index (χ3v) is 3.25. The van der Waals surface area contributed by atoms with Crippen molar-refractivity contribution in [1.29, 1.82) is 0 Å². The predicted molar refractivity (Wildman–Crippen MR) is 75.8 cm³/mol. The van der Waals surface area contributed by atoms with Crippen LogP contribution in [0.1, 0.15) is 25.3 Å². The minimum absolute atomic E-state index is 0.289. The third-order valence-electron chi connectivity index (χ3n) is 3.25. The monoisotopic (exact) mass is 258 g/mol. The van der Waals surface area contributed by atoms with E-state index in [1.807, 2.05) is 42.0 Å². The van der Waals surface area contributed by atoms with Crippen molar-refractivity contribution in [2.45, 2.75) is 19.8 Å². The normalized spacial score (nSPS) is 13.2. The molecular formula is C15H18N2O2. The molecule has 0 aliphatic carbocycles. The second kappa shape index (κ2) is 5.69. The highest BCUT2D eigenvalue weighted by atomic mass is 16.4. The molecule has 4 nitrogen and oxygen atoms in total. The van der Waals surface area contributed by atoms with Gasteiger partial charge in [0.25, 0.3) is 0 Å². The summed E-state index contributed by atoms with van der Waals surface area (Å²) < 4.78 is 1.98. The van der Waals surface area contributed by atoms with Crippen LogP contribution in [0.4, 0.5) is 0 Å². The van der Waals surface area contributed by atoms with Crippen LogP contribution in [0, 0.1) is 5.92 Å². The van der Waals surface area contributed by atoms with Crippen molar-refractivity contribution in [2.75, 3.05) is 0 Å². The van der Waals surface area contributed by atoms with E-state index in [2.05, 4.69) is 4.98 Å². The van der Waals surface area contributed by atoms with E-state index < -0.39 is 5.97 Å². The lowest BCUT2D eigenvalue weighted by atomic mass is 10.1. The van der Waals surface area contributed by atoms with Crippen molar-refractivity contribution in [1.82, 2.24) is 9.55 Å². The summed E-state index contributed by atoms with van der Waals surface area (Å²) in [5.74, 6) is -1.02. The first-order valence-corrected chi connectivity index (χ1v) is 6.38. The van der Waals surface area contributed by atoms with Crippen LogP contribution in [0.15, 0.2) is 30.6 Å². The van der Waals surface area contributed by atoms with Crippen molar-refractivity contribution < 1.29 is 9.90 Å². The molecule has 19 heavy (non-hydrogen) atoms. The van der Waals surface area contributed by atoms with Crippen molar-refractivity contribution in [3.63, 3.8) is 0 Å². The standard InChI is InChI=1S/C15H18N2O2/c1-11(15(18)19)5-3-4-6-12-7-8-14-13(9-12)16-10-17(14)2/h4,6-11H,3,5H2,1-2H3,(H,18,19)/b6-4+. The predicted octanol–water partition coefficient (Wildman–Crippen LogP) is 3.09. The van der Waals surface area contributed by atoms with Crippen LogP contribution in [0.3, 0.4) is 0 Å². The maximum Gasteiger partial charge on any atom is 0.306 e. The number of fused-ring (bicyclic) bond motifs is 1. The van der Waals surface area contributed by atoms with Crippen LogP contribution in [0.25, 0.3) is 17.1 Å². The molecule has 0 saturated carbocycles. The summed E-state index contributed by atoms with van der Waals surface area (Å²) in [4.78, 5) is 15.0. The lowest BCUT2D eigenvalue weighted by Crippen LogP contribution is -2.08. The van der Waals surface area contributed by atoms with Crippen molar-refractivity contribution >= 4 is 23.1 Å². The molecule has 1 aromatic carbocycles. The molecule has 0 bridgehead atoms. The topological polar surface area (TPSA) is 55.1 Å². The van der Waals surface area contributed by atoms with E-state index in [4.69, 9.17) is 5.11 Å². The zero-order valence-electron chi connectivity index (χ0n) is 11.2. The Morgan fingerprint density at radius 2 is 2.32 bits per heavy atom. The van der Waals surface area contributed by atoms with Gasteiger partial charge < -0.3 is 9.67 Å². The molecular weight excluding hydrogens is 240 g/mol. The number of hydrogen-bond donors (Lipinski definition) is 1. The summed E-state index contributed by atoms with van der Waals surface area (Å²) in [7, 11) is 1.97. The molecule has 2 aromatic rings. The van der Waals surface area contributed by atoms with Gasteiger partial charge in [-0.05, 0) is 30.5 Å². The van der Waals surface area contributed by atoms with Crippen LogP contribution in [-0.2, 0) is 11.8 Å². The number of aliphatic carboxylic acids is 1. The average Bonchev–Trinajstić information content (AvgIpc) is 2.75. The maximum atomic E-state index is 10.7. The van der Waals surface area contributed by atoms with E-state index in [-0.39, 0.29) is 5.92 Å². The van der Waals surface area contributed by atoms with Crippen LogP contribution >= 0.6 is 0 Å². The zero-order valence-corrected chi connectivity index (χ0v) is 11.2. The fourth-order valence-corrected chi connectivity index (χ4v) is 1.95. The molecule has 1 unspecified atom stereocenters. The zero-order chi connectivity index (χ0) is 13.8. The molecule has 0 spiro atoms. The molecule has 100 valence electrons. The van der Waals surface area contributed by atoms with Crippen LogP contribution in [0.2, 0.25) is 0 Å². The molecule has 1 N–H and O–H groups in total. The van der Waals surface area contributed by atoms with E-state index in [1.165, 1.54) is 0 Å². The highest BCUT2D eigenvalue weighted by Crippen LogP contribution is 2.15. The second-order valence-electron chi connectivity index (χ2n) is 4.82. The number of carbonyl (C=O) groups is 1. The Balaban J connectivity index is 1.99. The Hall–Kier alpha value is -2.10. The number of carboxylic acids is 1. The molecule has 4 heteroatoms. The average molecular weight is 258 g/mol. The molecule has 2 rings (SSSR count). The number of nitrogens with zero attached hydrogens (tertiary/aromatic N) is 2. The number of aromatic nitrogens is 2. The van der Waals surface area contributed by atoms with E-state index in [0.29, 0.717) is 6.42 Å². The molecule has 0 amide bonds. The summed E-state index contributed by atoms with van der Waals surface area (Å²) in [6.07, 6.45) is 7.27. The minimum atomic E-state index is -0.733. The van der Waals surface area contributed by atoms with E-state index in [0.717, 1.165) is 23.0 Å². The molecule has 0 fully saturated rings. The lowest BCUT2D eigenvalue weighted by Gasteiger charge is -2.02. The van der Waals surface area contributed by atoms with E-state index in [9.17, 15) is 4.79 Å². The number of hydrogen-bond acceptors (Lipinski definition) is 2. The van der Waals surface area contributed by atoms with Gasteiger partial charge in [-0.15, -0.1) is 0 Å². The van der Waals surface area contributed by atoms with Gasteiger partial charge in [0.05, 0.1) is 23.3 Å². The summed E-state index contributed by atoms with van der Waals surface area (Å²) >= 11 is 0. The van der Waals surface area contributed by atoms with Crippen LogP contribution < -0.4 is 0 Å². The quantitative estimate of drug-likeness (QED) is 0.896. The number of carboxylic acid groups (broad SMARTS) is 1. The van der Waals surface area contributed by atoms with Crippen LogP contribution in [0.5, 0.6) is 0 Å². The lowest BCUT2D eigenvalue weighted by molar-refractivity contribution is -0.141. The molecule has 0 saturated heterocycles. The molecule has 0 radical (unpaired) electrons. The Bertz CT molecular complexity index is 614. The maximum absolute atomic E-state index is 10.7. The summed E-state index contributed by atoms with van der Waals surface area (Å²) in [6.45, 7) is 1.73. The third kappa shape index (κ3) is 3.22. The van der Waals surface area contributed by atoms with Gasteiger partial charge in [-0.2, -0.15) is 0 Å². The summed E-state index contributed by atoms with van der Waals surface area (Å²) in [6, 6.07) is 6.12. The first kappa shape index (κ1) is 13.3. The van der Waals surface area contributed by atoms with Gasteiger partial charge in [-0.25, -0.2) is 4.98 Å². The number of imidazole rings is 1. The summed E-state index contributed by atoms with van der Waals surface area (Å²) in [5, 5.41) is 8.78. The highest BCUT2D eigenvalue weighted by molar-refractivity contribution is 5.78. The van der Waals surface area contributed by atoms with Crippen molar-refractivity contribution in [3.8, 4) is 0 Å². The smallest absolute Gasteiger partial charge is 0.306 e. The molecule has 1 aromatic heterocycles. The van der Waals surface area contributed by atoms with Crippen molar-refractivity contribution in [3.05, 3.63) is 36.2 Å². The summed E-state index contributed by atoms with van der Waals surface area (Å²) in [5.41, 5.74) is 3.18. The van der Waals surface area contributed by atoms with Gasteiger partial charge in [0.15, 0.2) is 0 Å². The molecule has 0 aliphatic heterocycles. The number of allylic oxidation sites excluding steroid dienone is 1. The van der Waals surface area contributed by atoms with Gasteiger partial charge in [0.1, 0.15) is 0 Å². The van der Waals surface area contributed by atoms with Crippen LogP contribution in [-0.4, -0.2) is 20.6 Å². The van der Waals surface area contributed by atoms with Gasteiger partial charge in [0.2, 0.25) is 0 Å². The fraction of sp³-hybridized carbons (Fsp3) is 0.333. The number of rotatable bonds is 5. The van der Waals surface area contributed by atoms with E-state index in [1.54, 1.807) is 13.3 Å². The Morgan fingerprint density at radius 3 is 3.05 bits per heavy atom. The van der Waals surface area contributed by atoms with Gasteiger partial charge >= 0.3 is 5.97 Å².